The van der Waals surface area contributed by atoms with Crippen molar-refractivity contribution in [2.45, 2.75) is 38.8 Å². The molecule has 4 rings (SSSR count). The summed E-state index contributed by atoms with van der Waals surface area (Å²) in [6.45, 7) is 6.91. The molecule has 0 radical (unpaired) electrons. The average molecular weight is 371 g/mol. The number of carbonyl (C=O) groups is 2. The minimum Gasteiger partial charge on any atom is -0.368 e. The molecule has 2 amide bonds. The van der Waals surface area contributed by atoms with Crippen LogP contribution in [0.3, 0.4) is 0 Å². The fourth-order valence-corrected chi connectivity index (χ4v) is 3.72. The molecule has 2 aromatic heterocycles. The molecule has 0 saturated carbocycles. The molecule has 144 valence electrons. The SMILES string of the molecule is CC(C)n1ncc2cc(C(=O)N3CCN(C(=O)C4CCCO4)CC3)cnc21. The highest BCUT2D eigenvalue weighted by Gasteiger charge is 2.31. The normalized spacial score (nSPS) is 20.6. The molecule has 8 nitrogen and oxygen atoms in total. The first-order chi connectivity index (χ1) is 13.0. The second kappa shape index (κ2) is 7.26. The summed E-state index contributed by atoms with van der Waals surface area (Å²) in [5, 5.41) is 5.21. The molecule has 2 aliphatic rings. The molecule has 27 heavy (non-hydrogen) atoms. The van der Waals surface area contributed by atoms with Crippen LogP contribution in [0.25, 0.3) is 11.0 Å². The Morgan fingerprint density at radius 2 is 1.89 bits per heavy atom. The number of pyridine rings is 1. The molecule has 1 atom stereocenters. The van der Waals surface area contributed by atoms with Gasteiger partial charge in [-0.15, -0.1) is 0 Å². The predicted molar refractivity (Wildman–Crippen MR) is 99.4 cm³/mol. The van der Waals surface area contributed by atoms with Crippen LogP contribution in [-0.2, 0) is 9.53 Å². The second-order valence-electron chi connectivity index (χ2n) is 7.44. The maximum absolute atomic E-state index is 12.8. The number of hydrogen-bond donors (Lipinski definition) is 0. The van der Waals surface area contributed by atoms with Gasteiger partial charge < -0.3 is 14.5 Å². The van der Waals surface area contributed by atoms with E-state index in [1.807, 2.05) is 29.5 Å². The van der Waals surface area contributed by atoms with Crippen LogP contribution in [0.15, 0.2) is 18.5 Å². The van der Waals surface area contributed by atoms with E-state index in [1.165, 1.54) is 0 Å². The molecule has 2 aliphatic heterocycles. The van der Waals surface area contributed by atoms with Crippen molar-refractivity contribution in [1.29, 1.82) is 0 Å². The van der Waals surface area contributed by atoms with Crippen molar-refractivity contribution < 1.29 is 14.3 Å². The van der Waals surface area contributed by atoms with Gasteiger partial charge in [0.25, 0.3) is 11.8 Å². The summed E-state index contributed by atoms with van der Waals surface area (Å²) in [7, 11) is 0. The van der Waals surface area contributed by atoms with E-state index in [-0.39, 0.29) is 24.0 Å². The number of amides is 2. The third-order valence-electron chi connectivity index (χ3n) is 5.25. The van der Waals surface area contributed by atoms with E-state index < -0.39 is 0 Å². The molecule has 2 fully saturated rings. The number of fused-ring (bicyclic) bond motifs is 1. The van der Waals surface area contributed by atoms with Crippen molar-refractivity contribution in [2.24, 2.45) is 0 Å². The van der Waals surface area contributed by atoms with Crippen molar-refractivity contribution in [2.75, 3.05) is 32.8 Å². The molecule has 0 N–H and O–H groups in total. The highest BCUT2D eigenvalue weighted by Crippen LogP contribution is 2.19. The molecular weight excluding hydrogens is 346 g/mol. The average Bonchev–Trinajstić information content (AvgIpc) is 3.36. The van der Waals surface area contributed by atoms with E-state index in [0.29, 0.717) is 38.3 Å². The summed E-state index contributed by atoms with van der Waals surface area (Å²) >= 11 is 0. The quantitative estimate of drug-likeness (QED) is 0.816. The lowest BCUT2D eigenvalue weighted by atomic mass is 10.1. The van der Waals surface area contributed by atoms with Crippen molar-refractivity contribution in [3.8, 4) is 0 Å². The summed E-state index contributed by atoms with van der Waals surface area (Å²) in [6.07, 6.45) is 4.81. The fraction of sp³-hybridized carbons (Fsp3) is 0.579. The Balaban J connectivity index is 1.42. The molecule has 1 unspecified atom stereocenters. The van der Waals surface area contributed by atoms with Gasteiger partial charge in [-0.25, -0.2) is 9.67 Å². The van der Waals surface area contributed by atoms with Gasteiger partial charge in [-0.05, 0) is 32.8 Å². The van der Waals surface area contributed by atoms with Gasteiger partial charge in [0.15, 0.2) is 5.65 Å². The third kappa shape index (κ3) is 3.41. The van der Waals surface area contributed by atoms with Crippen molar-refractivity contribution in [3.05, 3.63) is 24.0 Å². The van der Waals surface area contributed by atoms with Crippen LogP contribution in [0.2, 0.25) is 0 Å². The number of aromatic nitrogens is 3. The molecule has 2 aromatic rings. The Morgan fingerprint density at radius 3 is 2.56 bits per heavy atom. The Kier molecular flexibility index (Phi) is 4.82. The zero-order valence-electron chi connectivity index (χ0n) is 15.8. The zero-order chi connectivity index (χ0) is 19.0. The maximum Gasteiger partial charge on any atom is 0.255 e. The minimum atomic E-state index is -0.295. The first-order valence-corrected chi connectivity index (χ1v) is 9.57. The summed E-state index contributed by atoms with van der Waals surface area (Å²) in [5.74, 6) is 0.00898. The molecular formula is C19H25N5O3. The van der Waals surface area contributed by atoms with E-state index in [1.54, 1.807) is 17.3 Å². The van der Waals surface area contributed by atoms with Crippen molar-refractivity contribution >= 4 is 22.8 Å². The van der Waals surface area contributed by atoms with Gasteiger partial charge in [-0.1, -0.05) is 0 Å². The molecule has 0 aromatic carbocycles. The fourth-order valence-electron chi connectivity index (χ4n) is 3.72. The van der Waals surface area contributed by atoms with E-state index in [4.69, 9.17) is 4.74 Å². The number of carbonyl (C=O) groups excluding carboxylic acids is 2. The number of rotatable bonds is 3. The second-order valence-corrected chi connectivity index (χ2v) is 7.44. The standard InChI is InChI=1S/C19H25N5O3/c1-13(2)24-17-14(12-21-24)10-15(11-20-17)18(25)22-5-7-23(8-6-22)19(26)16-4-3-9-27-16/h10-13,16H,3-9H2,1-2H3. The summed E-state index contributed by atoms with van der Waals surface area (Å²) in [5.41, 5.74) is 1.35. The number of ether oxygens (including phenoxy) is 1. The summed E-state index contributed by atoms with van der Waals surface area (Å²) < 4.78 is 7.33. The Bertz CT molecular complexity index is 848. The lowest BCUT2D eigenvalue weighted by Gasteiger charge is -2.35. The van der Waals surface area contributed by atoms with E-state index in [9.17, 15) is 9.59 Å². The minimum absolute atomic E-state index is 0.0501. The Hall–Kier alpha value is -2.48. The van der Waals surface area contributed by atoms with E-state index in [0.717, 1.165) is 23.9 Å². The zero-order valence-corrected chi connectivity index (χ0v) is 15.8. The van der Waals surface area contributed by atoms with Crippen LogP contribution in [0.1, 0.15) is 43.1 Å². The maximum atomic E-state index is 12.8. The van der Waals surface area contributed by atoms with Gasteiger partial charge >= 0.3 is 0 Å². The van der Waals surface area contributed by atoms with Crippen LogP contribution in [0.4, 0.5) is 0 Å². The highest BCUT2D eigenvalue weighted by atomic mass is 16.5. The topological polar surface area (TPSA) is 80.6 Å². The largest absolute Gasteiger partial charge is 0.368 e. The molecule has 0 aliphatic carbocycles. The van der Waals surface area contributed by atoms with Gasteiger partial charge in [0.1, 0.15) is 6.10 Å². The molecule has 8 heteroatoms. The van der Waals surface area contributed by atoms with Gasteiger partial charge in [0.05, 0.1) is 11.8 Å². The smallest absolute Gasteiger partial charge is 0.255 e. The lowest BCUT2D eigenvalue weighted by molar-refractivity contribution is -0.142. The molecule has 4 heterocycles. The van der Waals surface area contributed by atoms with Crippen LogP contribution in [0, 0.1) is 0 Å². The number of piperazine rings is 1. The van der Waals surface area contributed by atoms with Gasteiger partial charge in [-0.3, -0.25) is 9.59 Å². The van der Waals surface area contributed by atoms with Gasteiger partial charge in [0.2, 0.25) is 0 Å². The first kappa shape index (κ1) is 17.9. The summed E-state index contributed by atoms with van der Waals surface area (Å²) in [4.78, 5) is 33.3. The van der Waals surface area contributed by atoms with E-state index in [2.05, 4.69) is 10.1 Å². The van der Waals surface area contributed by atoms with Crippen molar-refractivity contribution in [1.82, 2.24) is 24.6 Å². The first-order valence-electron chi connectivity index (χ1n) is 9.57. The van der Waals surface area contributed by atoms with Crippen LogP contribution in [0.5, 0.6) is 0 Å². The Morgan fingerprint density at radius 1 is 1.15 bits per heavy atom. The lowest BCUT2D eigenvalue weighted by Crippen LogP contribution is -2.52. The Labute approximate surface area is 158 Å². The molecule has 0 spiro atoms. The van der Waals surface area contributed by atoms with Gasteiger partial charge in [0, 0.05) is 50.4 Å². The van der Waals surface area contributed by atoms with Crippen LogP contribution >= 0.6 is 0 Å². The predicted octanol–water partition coefficient (Wildman–Crippen LogP) is 1.48. The monoisotopic (exact) mass is 371 g/mol. The van der Waals surface area contributed by atoms with Crippen LogP contribution in [-0.4, -0.2) is 75.3 Å². The van der Waals surface area contributed by atoms with E-state index >= 15 is 0 Å². The number of hydrogen-bond acceptors (Lipinski definition) is 5. The van der Waals surface area contributed by atoms with Gasteiger partial charge in [-0.2, -0.15) is 5.10 Å². The number of nitrogens with zero attached hydrogens (tertiary/aromatic N) is 5. The molecule has 2 saturated heterocycles. The third-order valence-corrected chi connectivity index (χ3v) is 5.25. The summed E-state index contributed by atoms with van der Waals surface area (Å²) in [6, 6.07) is 2.06. The molecule has 0 bridgehead atoms. The highest BCUT2D eigenvalue weighted by molar-refractivity contribution is 5.97. The van der Waals surface area contributed by atoms with Crippen LogP contribution < -0.4 is 0 Å². The van der Waals surface area contributed by atoms with Crippen molar-refractivity contribution in [3.63, 3.8) is 0 Å².